The molecule has 5 heteroatoms. The van der Waals surface area contributed by atoms with E-state index in [1.54, 1.807) is 12.1 Å². The summed E-state index contributed by atoms with van der Waals surface area (Å²) in [6.45, 7) is 0. The minimum Gasteiger partial charge on any atom is -0.465 e. The Morgan fingerprint density at radius 1 is 1.64 bits per heavy atom. The lowest BCUT2D eigenvalue weighted by Crippen LogP contribution is -2.09. The molecule has 4 N–H and O–H groups in total. The van der Waals surface area contributed by atoms with Crippen molar-refractivity contribution < 1.29 is 9.90 Å². The number of nitrogens with two attached hydrogens (primary N) is 1. The molecule has 0 aliphatic rings. The molecule has 0 saturated carbocycles. The van der Waals surface area contributed by atoms with Crippen LogP contribution in [0.2, 0.25) is 0 Å². The molecule has 5 nitrogen and oxygen atoms in total. The second kappa shape index (κ2) is 2.87. The van der Waals surface area contributed by atoms with Crippen LogP contribution in [0.15, 0.2) is 18.2 Å². The van der Waals surface area contributed by atoms with Gasteiger partial charge in [-0.3, -0.25) is 5.32 Å². The number of hydrogen-bond acceptors (Lipinski definition) is 3. The van der Waals surface area contributed by atoms with Gasteiger partial charge in [0.1, 0.15) is 11.6 Å². The van der Waals surface area contributed by atoms with Gasteiger partial charge in [0.2, 0.25) is 0 Å². The van der Waals surface area contributed by atoms with Crippen molar-refractivity contribution in [1.82, 2.24) is 4.98 Å². The summed E-state index contributed by atoms with van der Waals surface area (Å²) in [6.07, 6.45) is -1.15. The molecule has 0 bridgehead atoms. The number of carboxylic acid groups (broad SMARTS) is 1. The number of nitrogens with zero attached hydrogens (tertiary/aromatic N) is 1. The van der Waals surface area contributed by atoms with E-state index in [4.69, 9.17) is 10.8 Å². The topological polar surface area (TPSA) is 88.2 Å². The molecule has 1 rings (SSSR count). The Hall–Kier alpha value is -1.78. The summed E-state index contributed by atoms with van der Waals surface area (Å²) < 4.78 is 0. The van der Waals surface area contributed by atoms with Gasteiger partial charge in [0, 0.05) is 0 Å². The first-order chi connectivity index (χ1) is 5.18. The number of hydrogen-bond donors (Lipinski definition) is 3. The Balaban J connectivity index is 2.79. The highest BCUT2D eigenvalue weighted by Gasteiger charge is 1.97. The first-order valence-corrected chi connectivity index (χ1v) is 2.91. The molecular formula is C6H7N3O2. The summed E-state index contributed by atoms with van der Waals surface area (Å²) in [4.78, 5) is 13.8. The van der Waals surface area contributed by atoms with Crippen LogP contribution in [0.5, 0.6) is 0 Å². The number of nitrogen functional groups attached to an aromatic ring is 1. The van der Waals surface area contributed by atoms with Crippen molar-refractivity contribution >= 4 is 17.7 Å². The Labute approximate surface area is 62.9 Å². The minimum atomic E-state index is -1.15. The van der Waals surface area contributed by atoms with Crippen LogP contribution in [-0.2, 0) is 0 Å². The van der Waals surface area contributed by atoms with E-state index in [0.29, 0.717) is 0 Å². The van der Waals surface area contributed by atoms with Crippen LogP contribution in [0, 0.1) is 0 Å². The van der Waals surface area contributed by atoms with Crippen LogP contribution < -0.4 is 11.1 Å². The van der Waals surface area contributed by atoms with E-state index < -0.39 is 6.09 Å². The quantitative estimate of drug-likeness (QED) is 0.555. The fraction of sp³-hybridized carbons (Fsp3) is 0. The van der Waals surface area contributed by atoms with E-state index in [0.717, 1.165) is 0 Å². The van der Waals surface area contributed by atoms with Gasteiger partial charge in [-0.05, 0) is 12.1 Å². The maximum atomic E-state index is 10.1. The molecule has 0 aromatic carbocycles. The molecule has 0 radical (unpaired) electrons. The molecule has 1 amide bonds. The van der Waals surface area contributed by atoms with Crippen molar-refractivity contribution in [3.8, 4) is 0 Å². The molecule has 58 valence electrons. The Bertz CT molecular complexity index is 274. The number of carbonyl (C=O) groups is 1. The predicted octanol–water partition coefficient (Wildman–Crippen LogP) is 0.754. The third-order valence-corrected chi connectivity index (χ3v) is 1.01. The highest BCUT2D eigenvalue weighted by Crippen LogP contribution is 2.04. The standard InChI is InChI=1S/C6H7N3O2/c7-4-2-1-3-5(8-4)9-6(10)11/h1-3H,(H,10,11)(H3,7,8,9). The molecule has 0 saturated heterocycles. The van der Waals surface area contributed by atoms with Crippen molar-refractivity contribution in [3.05, 3.63) is 18.2 Å². The summed E-state index contributed by atoms with van der Waals surface area (Å²) in [5.41, 5.74) is 5.29. The Morgan fingerprint density at radius 3 is 2.91 bits per heavy atom. The molecule has 0 unspecified atom stereocenters. The number of anilines is 2. The molecule has 1 aromatic rings. The van der Waals surface area contributed by atoms with Crippen LogP contribution in [0.25, 0.3) is 0 Å². The van der Waals surface area contributed by atoms with Gasteiger partial charge in [-0.15, -0.1) is 0 Å². The first kappa shape index (κ1) is 7.33. The molecule has 0 aliphatic heterocycles. The number of amides is 1. The summed E-state index contributed by atoms with van der Waals surface area (Å²) in [6, 6.07) is 4.71. The monoisotopic (exact) mass is 153 g/mol. The molecule has 11 heavy (non-hydrogen) atoms. The average molecular weight is 153 g/mol. The normalized spacial score (nSPS) is 9.09. The number of nitrogens with one attached hydrogen (secondary N) is 1. The summed E-state index contributed by atoms with van der Waals surface area (Å²) in [5.74, 6) is 0.522. The van der Waals surface area contributed by atoms with Crippen molar-refractivity contribution in [2.45, 2.75) is 0 Å². The lowest BCUT2D eigenvalue weighted by atomic mass is 10.4. The molecular weight excluding hydrogens is 146 g/mol. The van der Waals surface area contributed by atoms with E-state index in [9.17, 15) is 4.79 Å². The van der Waals surface area contributed by atoms with Gasteiger partial charge in [0.05, 0.1) is 0 Å². The zero-order valence-corrected chi connectivity index (χ0v) is 5.61. The lowest BCUT2D eigenvalue weighted by molar-refractivity contribution is 0.209. The number of rotatable bonds is 1. The van der Waals surface area contributed by atoms with Crippen molar-refractivity contribution in [2.75, 3.05) is 11.1 Å². The zero-order chi connectivity index (χ0) is 8.27. The molecule has 0 spiro atoms. The van der Waals surface area contributed by atoms with Gasteiger partial charge in [0.15, 0.2) is 0 Å². The van der Waals surface area contributed by atoms with Crippen LogP contribution in [0.4, 0.5) is 16.4 Å². The first-order valence-electron chi connectivity index (χ1n) is 2.91. The van der Waals surface area contributed by atoms with E-state index in [-0.39, 0.29) is 11.6 Å². The molecule has 0 atom stereocenters. The molecule has 1 heterocycles. The average Bonchev–Trinajstić information content (AvgIpc) is 1.85. The number of pyridine rings is 1. The second-order valence-corrected chi connectivity index (χ2v) is 1.88. The zero-order valence-electron chi connectivity index (χ0n) is 5.61. The fourth-order valence-corrected chi connectivity index (χ4v) is 0.631. The Morgan fingerprint density at radius 2 is 2.36 bits per heavy atom. The van der Waals surface area contributed by atoms with E-state index in [1.165, 1.54) is 6.07 Å². The molecule has 0 fully saturated rings. The molecule has 0 aliphatic carbocycles. The van der Waals surface area contributed by atoms with Gasteiger partial charge < -0.3 is 10.8 Å². The minimum absolute atomic E-state index is 0.234. The van der Waals surface area contributed by atoms with Crippen molar-refractivity contribution in [2.24, 2.45) is 0 Å². The predicted molar refractivity (Wildman–Crippen MR) is 40.3 cm³/mol. The van der Waals surface area contributed by atoms with Crippen LogP contribution in [-0.4, -0.2) is 16.2 Å². The van der Waals surface area contributed by atoms with Gasteiger partial charge in [-0.2, -0.15) is 0 Å². The smallest absolute Gasteiger partial charge is 0.410 e. The van der Waals surface area contributed by atoms with Crippen LogP contribution in [0.3, 0.4) is 0 Å². The van der Waals surface area contributed by atoms with Crippen molar-refractivity contribution in [1.29, 1.82) is 0 Å². The lowest BCUT2D eigenvalue weighted by Gasteiger charge is -1.98. The highest BCUT2D eigenvalue weighted by molar-refractivity contribution is 5.81. The maximum absolute atomic E-state index is 10.1. The third-order valence-electron chi connectivity index (χ3n) is 1.01. The van der Waals surface area contributed by atoms with Crippen LogP contribution in [0.1, 0.15) is 0 Å². The largest absolute Gasteiger partial charge is 0.465 e. The van der Waals surface area contributed by atoms with Gasteiger partial charge in [-0.25, -0.2) is 9.78 Å². The van der Waals surface area contributed by atoms with Crippen LogP contribution >= 0.6 is 0 Å². The fourth-order valence-electron chi connectivity index (χ4n) is 0.631. The van der Waals surface area contributed by atoms with Gasteiger partial charge >= 0.3 is 6.09 Å². The molecule has 1 aromatic heterocycles. The summed E-state index contributed by atoms with van der Waals surface area (Å²) >= 11 is 0. The number of aromatic nitrogens is 1. The second-order valence-electron chi connectivity index (χ2n) is 1.88. The Kier molecular flexibility index (Phi) is 1.91. The summed E-state index contributed by atoms with van der Waals surface area (Å²) in [5, 5.41) is 10.3. The van der Waals surface area contributed by atoms with E-state index in [2.05, 4.69) is 10.3 Å². The van der Waals surface area contributed by atoms with E-state index >= 15 is 0 Å². The SMILES string of the molecule is Nc1cccc(NC(=O)O)n1. The van der Waals surface area contributed by atoms with Crippen molar-refractivity contribution in [3.63, 3.8) is 0 Å². The van der Waals surface area contributed by atoms with Gasteiger partial charge in [0.25, 0.3) is 0 Å². The highest BCUT2D eigenvalue weighted by atomic mass is 16.4. The summed E-state index contributed by atoms with van der Waals surface area (Å²) in [7, 11) is 0. The van der Waals surface area contributed by atoms with Gasteiger partial charge in [-0.1, -0.05) is 6.07 Å². The maximum Gasteiger partial charge on any atom is 0.410 e. The van der Waals surface area contributed by atoms with E-state index in [1.807, 2.05) is 0 Å². The third kappa shape index (κ3) is 2.13.